The van der Waals surface area contributed by atoms with Crippen LogP contribution in [0.15, 0.2) is 6.20 Å². The predicted octanol–water partition coefficient (Wildman–Crippen LogP) is -0.287. The highest BCUT2D eigenvalue weighted by molar-refractivity contribution is 7.13. The number of nitrogens with two attached hydrogens (primary N) is 1. The van der Waals surface area contributed by atoms with Gasteiger partial charge in [-0.2, -0.15) is 5.21 Å². The average molecular weight is 212 g/mol. The number of ether oxygens (including phenoxy) is 1. The molecule has 0 radical (unpaired) electrons. The first-order chi connectivity index (χ1) is 6.81. The summed E-state index contributed by atoms with van der Waals surface area (Å²) in [5, 5.41) is 13.9. The molecule has 1 atom stereocenters. The molecule has 0 spiro atoms. The number of tetrazole rings is 1. The van der Waals surface area contributed by atoms with Crippen LogP contribution in [0.1, 0.15) is 16.7 Å². The molecule has 0 saturated carbocycles. The Morgan fingerprint density at radius 3 is 3.07 bits per heavy atom. The molecule has 2 aromatic heterocycles. The minimum absolute atomic E-state index is 0.407. The van der Waals surface area contributed by atoms with Gasteiger partial charge in [-0.05, 0) is 0 Å². The van der Waals surface area contributed by atoms with Crippen LogP contribution < -0.4 is 10.5 Å². The highest BCUT2D eigenvalue weighted by Crippen LogP contribution is 2.26. The van der Waals surface area contributed by atoms with E-state index in [1.54, 1.807) is 13.3 Å². The zero-order valence-electron chi connectivity index (χ0n) is 7.34. The van der Waals surface area contributed by atoms with Gasteiger partial charge in [0.1, 0.15) is 6.04 Å². The molecule has 8 heteroatoms. The van der Waals surface area contributed by atoms with Gasteiger partial charge in [0.05, 0.1) is 12.0 Å². The van der Waals surface area contributed by atoms with Crippen molar-refractivity contribution in [1.29, 1.82) is 0 Å². The summed E-state index contributed by atoms with van der Waals surface area (Å²) in [6, 6.07) is -0.407. The standard InChI is InChI=1S/C6H8N6OS/c1-13-6-8-2-3(14-6)4(7)5-9-11-12-10-5/h2,4H,7H2,1H3,(H,9,10,11,12). The lowest BCUT2D eigenvalue weighted by Gasteiger charge is -2.00. The molecule has 0 amide bonds. The Kier molecular flexibility index (Phi) is 2.37. The lowest BCUT2D eigenvalue weighted by atomic mass is 10.3. The Hall–Kier alpha value is -1.54. The Labute approximate surface area is 83.3 Å². The first kappa shape index (κ1) is 9.03. The summed E-state index contributed by atoms with van der Waals surface area (Å²) in [5.41, 5.74) is 5.86. The van der Waals surface area contributed by atoms with Crippen LogP contribution in [0.4, 0.5) is 0 Å². The fourth-order valence-corrected chi connectivity index (χ4v) is 1.66. The fourth-order valence-electron chi connectivity index (χ4n) is 0.937. The Balaban J connectivity index is 2.23. The van der Waals surface area contributed by atoms with Crippen LogP contribution >= 0.6 is 11.3 Å². The molecule has 7 nitrogen and oxygen atoms in total. The molecule has 14 heavy (non-hydrogen) atoms. The largest absolute Gasteiger partial charge is 0.473 e. The van der Waals surface area contributed by atoms with E-state index < -0.39 is 6.04 Å². The molecule has 2 aromatic rings. The number of thiazole rings is 1. The number of nitrogens with one attached hydrogen (secondary N) is 1. The summed E-state index contributed by atoms with van der Waals surface area (Å²) >= 11 is 1.36. The van der Waals surface area contributed by atoms with Crippen LogP contribution in [0.5, 0.6) is 5.19 Å². The average Bonchev–Trinajstić information content (AvgIpc) is 2.88. The molecular weight excluding hydrogens is 204 g/mol. The van der Waals surface area contributed by atoms with E-state index in [1.807, 2.05) is 0 Å². The molecule has 3 N–H and O–H groups in total. The van der Waals surface area contributed by atoms with Gasteiger partial charge in [-0.3, -0.25) is 0 Å². The van der Waals surface area contributed by atoms with E-state index >= 15 is 0 Å². The first-order valence-electron chi connectivity index (χ1n) is 3.80. The molecule has 0 aromatic carbocycles. The van der Waals surface area contributed by atoms with Gasteiger partial charge in [-0.15, -0.1) is 10.2 Å². The van der Waals surface area contributed by atoms with Crippen molar-refractivity contribution in [2.45, 2.75) is 6.04 Å². The smallest absolute Gasteiger partial charge is 0.273 e. The number of aromatic nitrogens is 5. The second-order valence-electron chi connectivity index (χ2n) is 2.48. The minimum atomic E-state index is -0.407. The maximum absolute atomic E-state index is 5.86. The number of aromatic amines is 1. The highest BCUT2D eigenvalue weighted by Gasteiger charge is 2.16. The monoisotopic (exact) mass is 212 g/mol. The van der Waals surface area contributed by atoms with E-state index in [9.17, 15) is 0 Å². The SMILES string of the molecule is COc1ncc(C(N)c2nn[nH]n2)s1. The highest BCUT2D eigenvalue weighted by atomic mass is 32.1. The molecule has 74 valence electrons. The van der Waals surface area contributed by atoms with Crippen molar-refractivity contribution >= 4 is 11.3 Å². The summed E-state index contributed by atoms with van der Waals surface area (Å²) < 4.78 is 4.95. The third-order valence-corrected chi connectivity index (χ3v) is 2.67. The Morgan fingerprint density at radius 2 is 2.50 bits per heavy atom. The molecule has 0 saturated heterocycles. The van der Waals surface area contributed by atoms with E-state index in [0.29, 0.717) is 11.0 Å². The number of H-pyrrole nitrogens is 1. The van der Waals surface area contributed by atoms with Crippen LogP contribution in [-0.2, 0) is 0 Å². The maximum atomic E-state index is 5.86. The predicted molar refractivity (Wildman–Crippen MR) is 48.9 cm³/mol. The summed E-state index contributed by atoms with van der Waals surface area (Å²) in [4.78, 5) is 4.83. The van der Waals surface area contributed by atoms with Crippen molar-refractivity contribution in [3.8, 4) is 5.19 Å². The zero-order chi connectivity index (χ0) is 9.97. The number of rotatable bonds is 3. The van der Waals surface area contributed by atoms with E-state index in [2.05, 4.69) is 25.6 Å². The minimum Gasteiger partial charge on any atom is -0.473 e. The Morgan fingerprint density at radius 1 is 1.64 bits per heavy atom. The quantitative estimate of drug-likeness (QED) is 0.725. The van der Waals surface area contributed by atoms with Gasteiger partial charge < -0.3 is 10.5 Å². The van der Waals surface area contributed by atoms with Gasteiger partial charge in [0.25, 0.3) is 5.19 Å². The van der Waals surface area contributed by atoms with Crippen molar-refractivity contribution in [3.05, 3.63) is 16.9 Å². The second-order valence-corrected chi connectivity index (χ2v) is 3.51. The maximum Gasteiger partial charge on any atom is 0.273 e. The first-order valence-corrected chi connectivity index (χ1v) is 4.61. The van der Waals surface area contributed by atoms with Gasteiger partial charge in [-0.1, -0.05) is 16.6 Å². The zero-order valence-corrected chi connectivity index (χ0v) is 8.15. The van der Waals surface area contributed by atoms with Crippen LogP contribution in [0.3, 0.4) is 0 Å². The molecular formula is C6H8N6OS. The van der Waals surface area contributed by atoms with Gasteiger partial charge in [0, 0.05) is 6.20 Å². The topological polar surface area (TPSA) is 103 Å². The van der Waals surface area contributed by atoms with Crippen molar-refractivity contribution in [2.24, 2.45) is 5.73 Å². The third-order valence-electron chi connectivity index (χ3n) is 1.62. The summed E-state index contributed by atoms with van der Waals surface area (Å²) in [6.45, 7) is 0. The van der Waals surface area contributed by atoms with Crippen LogP contribution in [-0.4, -0.2) is 32.7 Å². The van der Waals surface area contributed by atoms with Gasteiger partial charge in [0.15, 0.2) is 5.82 Å². The van der Waals surface area contributed by atoms with Crippen LogP contribution in [0, 0.1) is 0 Å². The van der Waals surface area contributed by atoms with Gasteiger partial charge >= 0.3 is 0 Å². The number of hydrogen-bond acceptors (Lipinski definition) is 7. The van der Waals surface area contributed by atoms with Crippen molar-refractivity contribution in [1.82, 2.24) is 25.6 Å². The molecule has 0 aliphatic rings. The van der Waals surface area contributed by atoms with E-state index in [4.69, 9.17) is 10.5 Å². The van der Waals surface area contributed by atoms with E-state index in [1.165, 1.54) is 11.3 Å². The van der Waals surface area contributed by atoms with Gasteiger partial charge in [-0.25, -0.2) is 4.98 Å². The third kappa shape index (κ3) is 1.56. The normalized spacial score (nSPS) is 12.7. The van der Waals surface area contributed by atoms with Crippen LogP contribution in [0.2, 0.25) is 0 Å². The van der Waals surface area contributed by atoms with Crippen LogP contribution in [0.25, 0.3) is 0 Å². The summed E-state index contributed by atoms with van der Waals surface area (Å²) in [7, 11) is 1.56. The van der Waals surface area contributed by atoms with Crippen molar-refractivity contribution in [2.75, 3.05) is 7.11 Å². The summed E-state index contributed by atoms with van der Waals surface area (Å²) in [5.74, 6) is 0.441. The number of hydrogen-bond donors (Lipinski definition) is 2. The molecule has 1 unspecified atom stereocenters. The van der Waals surface area contributed by atoms with Crippen molar-refractivity contribution in [3.63, 3.8) is 0 Å². The van der Waals surface area contributed by atoms with Gasteiger partial charge in [0.2, 0.25) is 0 Å². The molecule has 0 aliphatic heterocycles. The molecule has 2 heterocycles. The Bertz CT molecular complexity index is 398. The fraction of sp³-hybridized carbons (Fsp3) is 0.333. The molecule has 0 bridgehead atoms. The summed E-state index contributed by atoms with van der Waals surface area (Å²) in [6.07, 6.45) is 1.64. The second kappa shape index (κ2) is 3.68. The number of nitrogens with zero attached hydrogens (tertiary/aromatic N) is 4. The van der Waals surface area contributed by atoms with E-state index in [0.717, 1.165) is 4.88 Å². The number of methoxy groups -OCH3 is 1. The lowest BCUT2D eigenvalue weighted by Crippen LogP contribution is -2.12. The van der Waals surface area contributed by atoms with E-state index in [-0.39, 0.29) is 0 Å². The molecule has 2 rings (SSSR count). The lowest BCUT2D eigenvalue weighted by molar-refractivity contribution is 0.412. The molecule has 0 aliphatic carbocycles. The van der Waals surface area contributed by atoms with Crippen molar-refractivity contribution < 1.29 is 4.74 Å². The molecule has 0 fully saturated rings.